The van der Waals surface area contributed by atoms with Gasteiger partial charge in [0.2, 0.25) is 5.91 Å². The zero-order valence-corrected chi connectivity index (χ0v) is 17.3. The van der Waals surface area contributed by atoms with Crippen molar-refractivity contribution in [1.82, 2.24) is 15.3 Å². The lowest BCUT2D eigenvalue weighted by atomic mass is 9.95. The number of amides is 1. The molecule has 2 aliphatic rings. The molecule has 1 saturated heterocycles. The number of nitrogens with zero attached hydrogens (tertiary/aromatic N) is 3. The van der Waals surface area contributed by atoms with Crippen LogP contribution >= 0.6 is 0 Å². The van der Waals surface area contributed by atoms with Crippen molar-refractivity contribution in [1.29, 1.82) is 0 Å². The van der Waals surface area contributed by atoms with Crippen molar-refractivity contribution >= 4 is 33.8 Å². The first kappa shape index (κ1) is 18.4. The number of piperidine rings is 1. The highest BCUT2D eigenvalue weighted by molar-refractivity contribution is 6.05. The maximum absolute atomic E-state index is 13.0. The van der Waals surface area contributed by atoms with Gasteiger partial charge in [-0.2, -0.15) is 0 Å². The molecular weight excluding hydrogens is 388 g/mol. The molecule has 2 aromatic heterocycles. The van der Waals surface area contributed by atoms with E-state index >= 15 is 0 Å². The van der Waals surface area contributed by atoms with Gasteiger partial charge in [0.05, 0.1) is 6.04 Å². The average Bonchev–Trinajstić information content (AvgIpc) is 3.40. The van der Waals surface area contributed by atoms with Crippen LogP contribution in [-0.2, 0) is 11.2 Å². The summed E-state index contributed by atoms with van der Waals surface area (Å²) in [6.45, 7) is 1.56. The number of nitrogens with one attached hydrogen (secondary N) is 1. The van der Waals surface area contributed by atoms with Crippen LogP contribution in [0.25, 0.3) is 22.1 Å². The smallest absolute Gasteiger partial charge is 0.223 e. The highest BCUT2D eigenvalue weighted by Gasteiger charge is 2.30. The third-order valence-electron chi connectivity index (χ3n) is 6.75. The second-order valence-electron chi connectivity index (χ2n) is 8.53. The zero-order valence-electron chi connectivity index (χ0n) is 17.3. The van der Waals surface area contributed by atoms with Gasteiger partial charge in [0.25, 0.3) is 0 Å². The molecule has 1 aliphatic carbocycles. The quantitative estimate of drug-likeness (QED) is 0.540. The SMILES string of the molecule is O=C(NC1CCc2ccccc21)C1CCN(c2ncnc3c2oc2ccccc23)CC1. The summed E-state index contributed by atoms with van der Waals surface area (Å²) in [5.41, 5.74) is 5.04. The van der Waals surface area contributed by atoms with E-state index in [9.17, 15) is 4.79 Å². The monoisotopic (exact) mass is 412 g/mol. The van der Waals surface area contributed by atoms with Gasteiger partial charge in [-0.1, -0.05) is 36.4 Å². The first-order valence-corrected chi connectivity index (χ1v) is 11.0. The Hall–Kier alpha value is -3.41. The van der Waals surface area contributed by atoms with Crippen molar-refractivity contribution in [2.75, 3.05) is 18.0 Å². The molecule has 0 radical (unpaired) electrons. The van der Waals surface area contributed by atoms with Crippen LogP contribution in [0.5, 0.6) is 0 Å². The molecule has 6 nitrogen and oxygen atoms in total. The normalized spacial score (nSPS) is 19.1. The third-order valence-corrected chi connectivity index (χ3v) is 6.75. The van der Waals surface area contributed by atoms with E-state index in [2.05, 4.69) is 44.5 Å². The zero-order chi connectivity index (χ0) is 20.8. The molecule has 0 bridgehead atoms. The number of carbonyl (C=O) groups is 1. The van der Waals surface area contributed by atoms with E-state index in [1.54, 1.807) is 6.33 Å². The molecule has 2 aromatic carbocycles. The van der Waals surface area contributed by atoms with E-state index in [0.717, 1.165) is 66.7 Å². The first-order chi connectivity index (χ1) is 15.3. The van der Waals surface area contributed by atoms with E-state index < -0.39 is 0 Å². The van der Waals surface area contributed by atoms with Gasteiger partial charge in [0.1, 0.15) is 17.4 Å². The molecule has 1 amide bonds. The summed E-state index contributed by atoms with van der Waals surface area (Å²) in [7, 11) is 0. The predicted molar refractivity (Wildman–Crippen MR) is 120 cm³/mol. The van der Waals surface area contributed by atoms with Gasteiger partial charge in [-0.3, -0.25) is 4.79 Å². The number of carbonyl (C=O) groups excluding carboxylic acids is 1. The average molecular weight is 412 g/mol. The van der Waals surface area contributed by atoms with Gasteiger partial charge in [0.15, 0.2) is 11.4 Å². The first-order valence-electron chi connectivity index (χ1n) is 11.0. The number of anilines is 1. The lowest BCUT2D eigenvalue weighted by molar-refractivity contribution is -0.126. The molecular formula is C25H24N4O2. The number of hydrogen-bond donors (Lipinski definition) is 1. The van der Waals surface area contributed by atoms with Crippen LogP contribution in [0.3, 0.4) is 0 Å². The summed E-state index contributed by atoms with van der Waals surface area (Å²) in [5.74, 6) is 1.04. The van der Waals surface area contributed by atoms with Gasteiger partial charge in [0, 0.05) is 24.4 Å². The summed E-state index contributed by atoms with van der Waals surface area (Å²) in [4.78, 5) is 24.2. The maximum atomic E-state index is 13.0. The van der Waals surface area contributed by atoms with Crippen LogP contribution in [0.2, 0.25) is 0 Å². The van der Waals surface area contributed by atoms with Gasteiger partial charge < -0.3 is 14.6 Å². The second-order valence-corrected chi connectivity index (χ2v) is 8.53. The summed E-state index contributed by atoms with van der Waals surface area (Å²) < 4.78 is 6.09. The Labute approximate surface area is 180 Å². The van der Waals surface area contributed by atoms with Crippen LogP contribution in [0.4, 0.5) is 5.82 Å². The Balaban J connectivity index is 1.16. The van der Waals surface area contributed by atoms with E-state index in [1.165, 1.54) is 11.1 Å². The summed E-state index contributed by atoms with van der Waals surface area (Å²) in [5, 5.41) is 4.31. The minimum Gasteiger partial charge on any atom is -0.450 e. The molecule has 6 heteroatoms. The van der Waals surface area contributed by atoms with Gasteiger partial charge in [-0.05, 0) is 48.9 Å². The number of fused-ring (bicyclic) bond motifs is 4. The van der Waals surface area contributed by atoms with Crippen LogP contribution in [0.1, 0.15) is 36.4 Å². The lowest BCUT2D eigenvalue weighted by Gasteiger charge is -2.32. The number of hydrogen-bond acceptors (Lipinski definition) is 5. The van der Waals surface area contributed by atoms with Crippen molar-refractivity contribution in [3.8, 4) is 0 Å². The van der Waals surface area contributed by atoms with Crippen LogP contribution < -0.4 is 10.2 Å². The van der Waals surface area contributed by atoms with Gasteiger partial charge >= 0.3 is 0 Å². The molecule has 1 atom stereocenters. The Kier molecular flexibility index (Phi) is 4.37. The molecule has 3 heterocycles. The fourth-order valence-corrected chi connectivity index (χ4v) is 5.09. The number of aromatic nitrogens is 2. The Morgan fingerprint density at radius 1 is 1.00 bits per heavy atom. The standard InChI is InChI=1S/C25H24N4O2/c30-25(28-20-10-9-16-5-1-2-6-18(16)20)17-11-13-29(14-12-17)24-23-22(26-15-27-24)19-7-3-4-8-21(19)31-23/h1-8,15,17,20H,9-14H2,(H,28,30). The Bertz CT molecular complexity index is 1270. The van der Waals surface area contributed by atoms with Crippen LogP contribution in [0, 0.1) is 5.92 Å². The van der Waals surface area contributed by atoms with E-state index in [4.69, 9.17) is 4.42 Å². The minimum absolute atomic E-state index is 0.0389. The second kappa shape index (κ2) is 7.38. The summed E-state index contributed by atoms with van der Waals surface area (Å²) >= 11 is 0. The number of furan rings is 1. The van der Waals surface area contributed by atoms with E-state index in [1.807, 2.05) is 24.3 Å². The minimum atomic E-state index is 0.0389. The highest BCUT2D eigenvalue weighted by atomic mass is 16.3. The fourth-order valence-electron chi connectivity index (χ4n) is 5.09. The molecule has 0 saturated carbocycles. The summed E-state index contributed by atoms with van der Waals surface area (Å²) in [6.07, 6.45) is 5.27. The van der Waals surface area contributed by atoms with Crippen molar-refractivity contribution in [2.24, 2.45) is 5.92 Å². The molecule has 4 aromatic rings. The molecule has 1 fully saturated rings. The maximum Gasteiger partial charge on any atom is 0.223 e. The molecule has 1 unspecified atom stereocenters. The summed E-state index contributed by atoms with van der Waals surface area (Å²) in [6, 6.07) is 16.5. The van der Waals surface area contributed by atoms with Crippen LogP contribution in [-0.4, -0.2) is 29.0 Å². The Morgan fingerprint density at radius 2 is 1.81 bits per heavy atom. The molecule has 1 aliphatic heterocycles. The van der Waals surface area contributed by atoms with Crippen LogP contribution in [0.15, 0.2) is 59.3 Å². The third kappa shape index (κ3) is 3.14. The molecule has 1 N–H and O–H groups in total. The van der Waals surface area contributed by atoms with Gasteiger partial charge in [-0.15, -0.1) is 0 Å². The molecule has 0 spiro atoms. The Morgan fingerprint density at radius 3 is 2.71 bits per heavy atom. The largest absolute Gasteiger partial charge is 0.450 e. The molecule has 6 rings (SSSR count). The fraction of sp³-hybridized carbons (Fsp3) is 0.320. The highest BCUT2D eigenvalue weighted by Crippen LogP contribution is 2.34. The van der Waals surface area contributed by atoms with Crippen molar-refractivity contribution < 1.29 is 9.21 Å². The van der Waals surface area contributed by atoms with Crippen molar-refractivity contribution in [3.63, 3.8) is 0 Å². The lowest BCUT2D eigenvalue weighted by Crippen LogP contribution is -2.41. The van der Waals surface area contributed by atoms with Gasteiger partial charge in [-0.25, -0.2) is 9.97 Å². The number of benzene rings is 2. The predicted octanol–water partition coefficient (Wildman–Crippen LogP) is 4.40. The number of para-hydroxylation sites is 1. The van der Waals surface area contributed by atoms with Crippen molar-refractivity contribution in [2.45, 2.75) is 31.7 Å². The molecule has 156 valence electrons. The van der Waals surface area contributed by atoms with Crippen molar-refractivity contribution in [3.05, 3.63) is 66.0 Å². The van der Waals surface area contributed by atoms with E-state index in [-0.39, 0.29) is 17.9 Å². The topological polar surface area (TPSA) is 71.3 Å². The number of aryl methyl sites for hydroxylation is 1. The molecule has 31 heavy (non-hydrogen) atoms. The number of rotatable bonds is 3. The van der Waals surface area contributed by atoms with E-state index in [0.29, 0.717) is 0 Å².